The number of fused-ring (bicyclic) bond motifs is 2. The first kappa shape index (κ1) is 34.7. The summed E-state index contributed by atoms with van der Waals surface area (Å²) >= 11 is 0. The van der Waals surface area contributed by atoms with Crippen molar-refractivity contribution < 1.29 is 47.3 Å². The van der Waals surface area contributed by atoms with Crippen LogP contribution < -0.4 is 4.74 Å². The van der Waals surface area contributed by atoms with Crippen molar-refractivity contribution in [2.24, 2.45) is 0 Å². The Labute approximate surface area is 289 Å². The van der Waals surface area contributed by atoms with Crippen LogP contribution in [0.1, 0.15) is 67.2 Å². The second-order valence-electron chi connectivity index (χ2n) is 12.4. The van der Waals surface area contributed by atoms with Crippen molar-refractivity contribution in [3.05, 3.63) is 130 Å². The van der Waals surface area contributed by atoms with Gasteiger partial charge in [-0.15, -0.1) is 0 Å². The average Bonchev–Trinajstić information content (AvgIpc) is 3.51. The molecule has 2 N–H and O–H groups in total. The molecule has 0 aliphatic carbocycles. The summed E-state index contributed by atoms with van der Waals surface area (Å²) in [5.74, 6) is -3.92. The molecular formula is C39H31F3N2O7. The van der Waals surface area contributed by atoms with Crippen LogP contribution in [0.15, 0.2) is 84.9 Å². The molecule has 4 aromatic carbocycles. The highest BCUT2D eigenvalue weighted by Crippen LogP contribution is 2.37. The lowest BCUT2D eigenvalue weighted by Gasteiger charge is -2.14. The van der Waals surface area contributed by atoms with Gasteiger partial charge in [0.25, 0.3) is 11.8 Å². The van der Waals surface area contributed by atoms with E-state index in [0.29, 0.717) is 49.9 Å². The summed E-state index contributed by atoms with van der Waals surface area (Å²) in [6.07, 6.45) is -4.97. The van der Waals surface area contributed by atoms with E-state index in [1.54, 1.807) is 51.1 Å². The number of phenols is 1. The fourth-order valence-electron chi connectivity index (χ4n) is 6.48. The van der Waals surface area contributed by atoms with Gasteiger partial charge in [-0.05, 0) is 112 Å². The van der Waals surface area contributed by atoms with Crippen molar-refractivity contribution >= 4 is 45.6 Å². The molecule has 0 fully saturated rings. The lowest BCUT2D eigenvalue weighted by molar-refractivity contribution is -0.138. The predicted octanol–water partition coefficient (Wildman–Crippen LogP) is 7.96. The number of aliphatic carboxylic acids is 1. The van der Waals surface area contributed by atoms with E-state index in [4.69, 9.17) is 4.74 Å². The number of nitrogens with zero attached hydrogens (tertiary/aromatic N) is 2. The van der Waals surface area contributed by atoms with Gasteiger partial charge in [-0.1, -0.05) is 17.7 Å². The predicted molar refractivity (Wildman–Crippen MR) is 182 cm³/mol. The second kappa shape index (κ2) is 12.9. The van der Waals surface area contributed by atoms with Crippen LogP contribution in [0.25, 0.3) is 21.8 Å². The number of carbonyl (C=O) groups is 4. The van der Waals surface area contributed by atoms with Crippen LogP contribution in [0, 0.1) is 20.8 Å². The number of carboxylic acids is 1. The number of carboxylic acid groups (broad SMARTS) is 1. The minimum Gasteiger partial charge on any atom is -0.508 e. The average molecular weight is 697 g/mol. The van der Waals surface area contributed by atoms with Crippen LogP contribution in [0.2, 0.25) is 0 Å². The van der Waals surface area contributed by atoms with E-state index in [0.717, 1.165) is 29.8 Å². The van der Waals surface area contributed by atoms with Crippen molar-refractivity contribution in [1.82, 2.24) is 9.13 Å². The number of hydrogen-bond acceptors (Lipinski definition) is 6. The SMILES string of the molecule is Cc1ccc(C(=O)n2c(C)c(CC(=O)O)c3cc(OC(=O)C(C)c4c(C)n(C(=O)c5ccc(C(F)(F)F)cc5)c5ccc(O)cc45)ccc32)cc1. The van der Waals surface area contributed by atoms with E-state index in [1.165, 1.54) is 39.5 Å². The van der Waals surface area contributed by atoms with E-state index in [2.05, 4.69) is 0 Å². The number of esters is 1. The summed E-state index contributed by atoms with van der Waals surface area (Å²) in [6.45, 7) is 6.68. The Morgan fingerprint density at radius 3 is 1.88 bits per heavy atom. The normalized spacial score (nSPS) is 12.3. The summed E-state index contributed by atoms with van der Waals surface area (Å²) in [7, 11) is 0. The Hall–Kier alpha value is -6.17. The molecule has 0 aliphatic rings. The number of halogens is 3. The smallest absolute Gasteiger partial charge is 0.416 e. The molecule has 0 spiro atoms. The first-order chi connectivity index (χ1) is 24.1. The van der Waals surface area contributed by atoms with Gasteiger partial charge in [0.1, 0.15) is 11.5 Å². The van der Waals surface area contributed by atoms with E-state index >= 15 is 0 Å². The van der Waals surface area contributed by atoms with Crippen molar-refractivity contribution in [1.29, 1.82) is 0 Å². The summed E-state index contributed by atoms with van der Waals surface area (Å²) < 4.78 is 48.0. The molecule has 9 nitrogen and oxygen atoms in total. The van der Waals surface area contributed by atoms with Gasteiger partial charge in [0, 0.05) is 33.3 Å². The number of alkyl halides is 3. The molecule has 1 atom stereocenters. The van der Waals surface area contributed by atoms with Crippen LogP contribution in [0.3, 0.4) is 0 Å². The zero-order valence-corrected chi connectivity index (χ0v) is 27.8. The molecular weight excluding hydrogens is 665 g/mol. The highest BCUT2D eigenvalue weighted by molar-refractivity contribution is 6.06. The molecule has 2 aromatic heterocycles. The Kier molecular flexibility index (Phi) is 8.80. The van der Waals surface area contributed by atoms with Gasteiger partial charge >= 0.3 is 18.1 Å². The van der Waals surface area contributed by atoms with E-state index < -0.39 is 35.5 Å². The third-order valence-electron chi connectivity index (χ3n) is 9.04. The number of aromatic hydroxyl groups is 1. The quantitative estimate of drug-likeness (QED) is 0.128. The van der Waals surface area contributed by atoms with Gasteiger partial charge in [-0.2, -0.15) is 13.2 Å². The molecule has 1 unspecified atom stereocenters. The highest BCUT2D eigenvalue weighted by Gasteiger charge is 2.32. The van der Waals surface area contributed by atoms with Gasteiger partial charge in [-0.25, -0.2) is 0 Å². The third-order valence-corrected chi connectivity index (χ3v) is 9.04. The summed E-state index contributed by atoms with van der Waals surface area (Å²) in [6, 6.07) is 19.5. The Morgan fingerprint density at radius 1 is 0.745 bits per heavy atom. The lowest BCUT2D eigenvalue weighted by atomic mass is 9.98. The van der Waals surface area contributed by atoms with Gasteiger partial charge in [0.15, 0.2) is 0 Å². The molecule has 0 aliphatic heterocycles. The number of aryl methyl sites for hydroxylation is 1. The molecule has 0 radical (unpaired) electrons. The lowest BCUT2D eigenvalue weighted by Crippen LogP contribution is -2.18. The fraction of sp³-hybridized carbons (Fsp3) is 0.179. The molecule has 0 bridgehead atoms. The van der Waals surface area contributed by atoms with Crippen LogP contribution in [-0.4, -0.2) is 43.1 Å². The largest absolute Gasteiger partial charge is 0.508 e. The van der Waals surface area contributed by atoms with Crippen LogP contribution in [-0.2, 0) is 22.2 Å². The number of hydrogen-bond donors (Lipinski definition) is 2. The Morgan fingerprint density at radius 2 is 1.29 bits per heavy atom. The Bertz CT molecular complexity index is 2390. The molecule has 260 valence electrons. The zero-order valence-electron chi connectivity index (χ0n) is 27.8. The van der Waals surface area contributed by atoms with Gasteiger partial charge in [0.05, 0.1) is 28.9 Å². The molecule has 2 heterocycles. The van der Waals surface area contributed by atoms with E-state index in [9.17, 15) is 42.6 Å². The fourth-order valence-corrected chi connectivity index (χ4v) is 6.48. The van der Waals surface area contributed by atoms with Crippen molar-refractivity contribution in [2.75, 3.05) is 0 Å². The summed E-state index contributed by atoms with van der Waals surface area (Å²) in [5.41, 5.74) is 2.66. The summed E-state index contributed by atoms with van der Waals surface area (Å²) in [4.78, 5) is 52.9. The maximum Gasteiger partial charge on any atom is 0.416 e. The summed E-state index contributed by atoms with van der Waals surface area (Å²) in [5, 5.41) is 20.8. The number of ether oxygens (including phenoxy) is 1. The van der Waals surface area contributed by atoms with Gasteiger partial charge in [-0.3, -0.25) is 28.3 Å². The number of carbonyl (C=O) groups excluding carboxylic acids is 3. The Balaban J connectivity index is 1.36. The van der Waals surface area contributed by atoms with Crippen molar-refractivity contribution in [3.8, 4) is 11.5 Å². The van der Waals surface area contributed by atoms with Crippen molar-refractivity contribution in [2.45, 2.75) is 46.2 Å². The number of benzene rings is 4. The van der Waals surface area contributed by atoms with Gasteiger partial charge in [0.2, 0.25) is 0 Å². The number of rotatable bonds is 7. The first-order valence-electron chi connectivity index (χ1n) is 15.8. The molecule has 6 rings (SSSR count). The molecule has 0 amide bonds. The van der Waals surface area contributed by atoms with E-state index in [1.807, 2.05) is 6.92 Å². The standard InChI is InChI=1S/C39H31F3N2O7/c1-20-5-7-24(8-6-20)36(48)43-22(3)29(19-34(46)47)30-18-28(14-16-32(30)43)51-38(50)21(2)35-23(4)44(33-15-13-27(45)17-31(33)35)37(49)25-9-11-26(12-10-25)39(40,41)42/h5-18,21,45H,19H2,1-4H3,(H,46,47). The number of phenolic OH excluding ortho intramolecular Hbond substituents is 1. The minimum absolute atomic E-state index is 0.0218. The zero-order chi connectivity index (χ0) is 36.9. The molecule has 12 heteroatoms. The first-order valence-corrected chi connectivity index (χ1v) is 15.8. The molecule has 0 saturated heterocycles. The van der Waals surface area contributed by atoms with Crippen LogP contribution in [0.4, 0.5) is 13.2 Å². The molecule has 6 aromatic rings. The maximum atomic E-state index is 13.7. The topological polar surface area (TPSA) is 128 Å². The van der Waals surface area contributed by atoms with Gasteiger partial charge < -0.3 is 14.9 Å². The van der Waals surface area contributed by atoms with Crippen LogP contribution >= 0.6 is 0 Å². The van der Waals surface area contributed by atoms with Crippen molar-refractivity contribution in [3.63, 3.8) is 0 Å². The monoisotopic (exact) mass is 696 g/mol. The highest BCUT2D eigenvalue weighted by atomic mass is 19.4. The second-order valence-corrected chi connectivity index (χ2v) is 12.4. The molecule has 51 heavy (non-hydrogen) atoms. The third kappa shape index (κ3) is 6.36. The maximum absolute atomic E-state index is 13.7. The molecule has 0 saturated carbocycles. The van der Waals surface area contributed by atoms with E-state index in [-0.39, 0.29) is 29.4 Å². The number of aromatic nitrogens is 2. The van der Waals surface area contributed by atoms with Crippen LogP contribution in [0.5, 0.6) is 11.5 Å². The minimum atomic E-state index is -4.58.